The number of benzene rings is 2. The lowest BCUT2D eigenvalue weighted by molar-refractivity contribution is 0.0154. The summed E-state index contributed by atoms with van der Waals surface area (Å²) in [5.41, 5.74) is 1.76. The van der Waals surface area contributed by atoms with Gasteiger partial charge in [0.05, 0.1) is 6.61 Å². The summed E-state index contributed by atoms with van der Waals surface area (Å²) in [6.07, 6.45) is 3.24. The molecule has 0 saturated heterocycles. The zero-order valence-electron chi connectivity index (χ0n) is 13.7. The van der Waals surface area contributed by atoms with Gasteiger partial charge in [0.2, 0.25) is 0 Å². The van der Waals surface area contributed by atoms with E-state index >= 15 is 0 Å². The summed E-state index contributed by atoms with van der Waals surface area (Å²) < 4.78 is 6.03. The quantitative estimate of drug-likeness (QED) is 0.478. The monoisotopic (exact) mass is 308 g/mol. The molecule has 0 unspecified atom stereocenters. The van der Waals surface area contributed by atoms with E-state index in [1.165, 1.54) is 0 Å². The molecule has 2 heteroatoms. The molecule has 0 N–H and O–H groups in total. The highest BCUT2D eigenvalue weighted by atomic mass is 16.5. The second kappa shape index (κ2) is 9.06. The maximum atomic E-state index is 12.9. The lowest BCUT2D eigenvalue weighted by Gasteiger charge is -2.24. The number of hydrogen-bond acceptors (Lipinski definition) is 2. The Balaban J connectivity index is 2.17. The van der Waals surface area contributed by atoms with E-state index in [1.54, 1.807) is 0 Å². The van der Waals surface area contributed by atoms with Crippen LogP contribution in [0.1, 0.15) is 35.7 Å². The Morgan fingerprint density at radius 3 is 2.26 bits per heavy atom. The van der Waals surface area contributed by atoms with Crippen LogP contribution in [0.2, 0.25) is 0 Å². The second-order valence-electron chi connectivity index (χ2n) is 5.64. The molecule has 23 heavy (non-hydrogen) atoms. The Kier molecular flexibility index (Phi) is 6.76. The number of carbonyl (C=O) groups is 1. The fourth-order valence-corrected chi connectivity index (χ4v) is 2.65. The van der Waals surface area contributed by atoms with Crippen molar-refractivity contribution in [1.82, 2.24) is 0 Å². The van der Waals surface area contributed by atoms with E-state index < -0.39 is 6.10 Å². The Labute approximate surface area is 138 Å². The molecule has 2 nitrogen and oxygen atoms in total. The van der Waals surface area contributed by atoms with Crippen LogP contribution < -0.4 is 0 Å². The molecule has 2 aromatic rings. The van der Waals surface area contributed by atoms with E-state index in [4.69, 9.17) is 4.74 Å². The van der Waals surface area contributed by atoms with Crippen LogP contribution in [0.15, 0.2) is 73.3 Å². The lowest BCUT2D eigenvalue weighted by Crippen LogP contribution is -2.31. The molecule has 0 radical (unpaired) electrons. The Morgan fingerprint density at radius 1 is 1.09 bits per heavy atom. The van der Waals surface area contributed by atoms with Crippen LogP contribution in [-0.2, 0) is 11.3 Å². The third kappa shape index (κ3) is 4.90. The van der Waals surface area contributed by atoms with Gasteiger partial charge in [0.1, 0.15) is 6.10 Å². The fourth-order valence-electron chi connectivity index (χ4n) is 2.65. The topological polar surface area (TPSA) is 26.3 Å². The van der Waals surface area contributed by atoms with Gasteiger partial charge in [-0.2, -0.15) is 0 Å². The van der Waals surface area contributed by atoms with Crippen LogP contribution in [0, 0.1) is 5.92 Å². The number of hydrogen-bond donors (Lipinski definition) is 0. The number of carbonyl (C=O) groups excluding carboxylic acids is 1. The van der Waals surface area contributed by atoms with Crippen LogP contribution in [-0.4, -0.2) is 11.9 Å². The summed E-state index contributed by atoms with van der Waals surface area (Å²) >= 11 is 0. The third-order valence-electron chi connectivity index (χ3n) is 3.90. The van der Waals surface area contributed by atoms with Crippen molar-refractivity contribution in [2.24, 2.45) is 5.92 Å². The van der Waals surface area contributed by atoms with E-state index in [0.717, 1.165) is 18.4 Å². The number of ether oxygens (including phenoxy) is 1. The van der Waals surface area contributed by atoms with E-state index in [0.29, 0.717) is 12.2 Å². The molecule has 0 saturated carbocycles. The summed E-state index contributed by atoms with van der Waals surface area (Å²) in [5.74, 6) is 0.0521. The van der Waals surface area contributed by atoms with Gasteiger partial charge >= 0.3 is 0 Å². The SMILES string of the molecule is C=C[C@H](CCC)[C@@H](OCc1ccccc1)C(=O)c1ccccc1. The summed E-state index contributed by atoms with van der Waals surface area (Å²) in [6.45, 7) is 6.44. The minimum atomic E-state index is -0.491. The van der Waals surface area contributed by atoms with E-state index in [2.05, 4.69) is 13.5 Å². The largest absolute Gasteiger partial charge is 0.365 e. The Morgan fingerprint density at radius 2 is 1.70 bits per heavy atom. The second-order valence-corrected chi connectivity index (χ2v) is 5.64. The number of Topliss-reactive ketones (excluding diaryl/α,β-unsaturated/α-hetero) is 1. The van der Waals surface area contributed by atoms with Gasteiger partial charge in [0, 0.05) is 11.5 Å². The van der Waals surface area contributed by atoms with Crippen LogP contribution in [0.5, 0.6) is 0 Å². The van der Waals surface area contributed by atoms with Gasteiger partial charge in [-0.1, -0.05) is 80.1 Å². The predicted octanol–water partition coefficient (Wildman–Crippen LogP) is 5.06. The summed E-state index contributed by atoms with van der Waals surface area (Å²) in [4.78, 5) is 12.9. The molecular formula is C21H24O2. The number of ketones is 1. The third-order valence-corrected chi connectivity index (χ3v) is 3.90. The van der Waals surface area contributed by atoms with E-state index in [9.17, 15) is 4.79 Å². The highest BCUT2D eigenvalue weighted by molar-refractivity contribution is 5.99. The van der Waals surface area contributed by atoms with Crippen molar-refractivity contribution in [2.45, 2.75) is 32.5 Å². The van der Waals surface area contributed by atoms with Gasteiger partial charge in [-0.15, -0.1) is 6.58 Å². The molecule has 0 spiro atoms. The normalized spacial score (nSPS) is 13.3. The minimum absolute atomic E-state index is 0.0245. The standard InChI is InChI=1S/C21H24O2/c1-3-11-18(4-2)21(20(22)19-14-9-6-10-15-19)23-16-17-12-7-5-8-13-17/h4-10,12-15,18,21H,2-3,11,16H2,1H3/t18-,21-/m1/s1. The first-order valence-corrected chi connectivity index (χ1v) is 8.13. The van der Waals surface area contributed by atoms with Crippen molar-refractivity contribution in [3.05, 3.63) is 84.4 Å². The smallest absolute Gasteiger partial charge is 0.192 e. The summed E-state index contributed by atoms with van der Waals surface area (Å²) in [5, 5.41) is 0. The number of rotatable bonds is 9. The predicted molar refractivity (Wildman–Crippen MR) is 94.4 cm³/mol. The van der Waals surface area contributed by atoms with Gasteiger partial charge in [-0.25, -0.2) is 0 Å². The van der Waals surface area contributed by atoms with Crippen molar-refractivity contribution in [3.63, 3.8) is 0 Å². The molecule has 0 bridgehead atoms. The van der Waals surface area contributed by atoms with E-state index in [-0.39, 0.29) is 11.7 Å². The molecule has 0 amide bonds. The zero-order valence-corrected chi connectivity index (χ0v) is 13.7. The summed E-state index contributed by atoms with van der Waals surface area (Å²) in [7, 11) is 0. The molecule has 120 valence electrons. The fraction of sp³-hybridized carbons (Fsp3) is 0.286. The molecule has 0 aliphatic rings. The molecule has 0 fully saturated rings. The van der Waals surface area contributed by atoms with Gasteiger partial charge in [-0.05, 0) is 12.0 Å². The Bertz CT molecular complexity index is 604. The molecule has 2 atom stereocenters. The van der Waals surface area contributed by atoms with Gasteiger partial charge < -0.3 is 4.74 Å². The van der Waals surface area contributed by atoms with Crippen molar-refractivity contribution >= 4 is 5.78 Å². The van der Waals surface area contributed by atoms with Gasteiger partial charge in [0.25, 0.3) is 0 Å². The highest BCUT2D eigenvalue weighted by Crippen LogP contribution is 2.21. The van der Waals surface area contributed by atoms with Crippen LogP contribution in [0.25, 0.3) is 0 Å². The zero-order chi connectivity index (χ0) is 16.5. The molecule has 0 heterocycles. The van der Waals surface area contributed by atoms with Crippen molar-refractivity contribution < 1.29 is 9.53 Å². The van der Waals surface area contributed by atoms with Gasteiger partial charge in [0.15, 0.2) is 5.78 Å². The highest BCUT2D eigenvalue weighted by Gasteiger charge is 2.27. The molecule has 0 aliphatic carbocycles. The average Bonchev–Trinajstić information content (AvgIpc) is 2.62. The molecule has 2 aromatic carbocycles. The van der Waals surface area contributed by atoms with Crippen LogP contribution in [0.3, 0.4) is 0 Å². The molecule has 2 rings (SSSR count). The Hall–Kier alpha value is -2.19. The molecular weight excluding hydrogens is 284 g/mol. The first-order chi connectivity index (χ1) is 11.3. The van der Waals surface area contributed by atoms with E-state index in [1.807, 2.05) is 66.7 Å². The average molecular weight is 308 g/mol. The van der Waals surface area contributed by atoms with Crippen LogP contribution >= 0.6 is 0 Å². The first-order valence-electron chi connectivity index (χ1n) is 8.13. The maximum absolute atomic E-state index is 12.9. The first kappa shape index (κ1) is 17.2. The molecule has 0 aliphatic heterocycles. The maximum Gasteiger partial charge on any atom is 0.192 e. The minimum Gasteiger partial charge on any atom is -0.365 e. The van der Waals surface area contributed by atoms with Crippen molar-refractivity contribution in [3.8, 4) is 0 Å². The van der Waals surface area contributed by atoms with Crippen LogP contribution in [0.4, 0.5) is 0 Å². The summed E-state index contributed by atoms with van der Waals surface area (Å²) in [6, 6.07) is 19.3. The van der Waals surface area contributed by atoms with Gasteiger partial charge in [-0.3, -0.25) is 4.79 Å². The van der Waals surface area contributed by atoms with Crippen molar-refractivity contribution in [2.75, 3.05) is 0 Å². The van der Waals surface area contributed by atoms with Crippen molar-refractivity contribution in [1.29, 1.82) is 0 Å². The molecule has 0 aromatic heterocycles. The lowest BCUT2D eigenvalue weighted by atomic mass is 9.91.